The molecule has 0 spiro atoms. The van der Waals surface area contributed by atoms with Crippen LogP contribution < -0.4 is 0 Å². The van der Waals surface area contributed by atoms with Crippen molar-refractivity contribution in [2.75, 3.05) is 20.1 Å². The number of carbonyl (C=O) groups is 2. The molecule has 6 heteroatoms. The highest BCUT2D eigenvalue weighted by Gasteiger charge is 2.36. The van der Waals surface area contributed by atoms with Gasteiger partial charge < -0.3 is 9.80 Å². The van der Waals surface area contributed by atoms with E-state index in [0.29, 0.717) is 5.91 Å². The molecule has 2 fully saturated rings. The van der Waals surface area contributed by atoms with Crippen molar-refractivity contribution in [3.63, 3.8) is 0 Å². The third kappa shape index (κ3) is 3.68. The number of nitrogens with zero attached hydrogens (tertiary/aromatic N) is 4. The first-order valence-electron chi connectivity index (χ1n) is 10.1. The van der Waals surface area contributed by atoms with E-state index < -0.39 is 0 Å². The largest absolute Gasteiger partial charge is 0.342 e. The predicted molar refractivity (Wildman–Crippen MR) is 108 cm³/mol. The van der Waals surface area contributed by atoms with Crippen molar-refractivity contribution >= 4 is 11.9 Å². The van der Waals surface area contributed by atoms with Crippen LogP contribution >= 0.6 is 0 Å². The molecule has 4 rings (SSSR count). The van der Waals surface area contributed by atoms with E-state index in [4.69, 9.17) is 0 Å². The van der Waals surface area contributed by atoms with Crippen molar-refractivity contribution in [1.82, 2.24) is 19.4 Å². The topological polar surface area (TPSA) is 58.4 Å². The predicted octanol–water partition coefficient (Wildman–Crippen LogP) is 3.47. The lowest BCUT2D eigenvalue weighted by Gasteiger charge is -2.36. The lowest BCUT2D eigenvalue weighted by atomic mass is 10.0. The molecular formula is C22H28N4O2. The first-order chi connectivity index (χ1) is 13.4. The van der Waals surface area contributed by atoms with Crippen LogP contribution in [0.2, 0.25) is 0 Å². The number of hydrogen-bond donors (Lipinski definition) is 0. The molecule has 0 atom stereocenters. The molecule has 6 nitrogen and oxygen atoms in total. The zero-order chi connectivity index (χ0) is 19.8. The highest BCUT2D eigenvalue weighted by atomic mass is 16.2. The van der Waals surface area contributed by atoms with Crippen LogP contribution in [0.1, 0.15) is 36.8 Å². The fourth-order valence-corrected chi connectivity index (χ4v) is 3.88. The van der Waals surface area contributed by atoms with Gasteiger partial charge in [0, 0.05) is 43.9 Å². The fourth-order valence-electron chi connectivity index (χ4n) is 3.88. The molecule has 1 aromatic heterocycles. The van der Waals surface area contributed by atoms with E-state index in [1.165, 1.54) is 11.1 Å². The summed E-state index contributed by atoms with van der Waals surface area (Å²) in [5, 5.41) is 0. The number of rotatable bonds is 3. The third-order valence-corrected chi connectivity index (χ3v) is 6.16. The number of benzene rings is 1. The van der Waals surface area contributed by atoms with E-state index in [1.807, 2.05) is 18.0 Å². The van der Waals surface area contributed by atoms with Gasteiger partial charge in [0.15, 0.2) is 0 Å². The first-order valence-corrected chi connectivity index (χ1v) is 10.1. The van der Waals surface area contributed by atoms with Gasteiger partial charge in [-0.25, -0.2) is 9.78 Å². The molecule has 2 amide bonds. The summed E-state index contributed by atoms with van der Waals surface area (Å²) < 4.78 is 1.56. The monoisotopic (exact) mass is 380 g/mol. The smallest absolute Gasteiger partial charge is 0.329 e. The van der Waals surface area contributed by atoms with Crippen molar-refractivity contribution in [2.24, 2.45) is 5.92 Å². The first kappa shape index (κ1) is 18.7. The Kier molecular flexibility index (Phi) is 4.96. The van der Waals surface area contributed by atoms with Gasteiger partial charge in [0.1, 0.15) is 6.33 Å². The minimum atomic E-state index is -0.0745. The SMILES string of the molecule is Cc1ccc(-c2cn(C(=O)N(C)C3CCN(C(=O)C4CC4)CC3)cn2)cc1C. The van der Waals surface area contributed by atoms with Gasteiger partial charge in [0.2, 0.25) is 5.91 Å². The molecule has 0 unspecified atom stereocenters. The Morgan fingerprint density at radius 3 is 2.43 bits per heavy atom. The van der Waals surface area contributed by atoms with Crippen molar-refractivity contribution in [2.45, 2.75) is 45.6 Å². The Morgan fingerprint density at radius 2 is 1.79 bits per heavy atom. The standard InChI is InChI=1S/C22H28N4O2/c1-15-4-5-18(12-16(15)2)20-13-26(14-23-20)22(28)24(3)19-8-10-25(11-9-19)21(27)17-6-7-17/h4-5,12-14,17,19H,6-11H2,1-3H3. The second-order valence-corrected chi connectivity index (χ2v) is 8.19. The molecule has 0 N–H and O–H groups in total. The Hall–Kier alpha value is -2.63. The molecule has 1 aromatic carbocycles. The average molecular weight is 380 g/mol. The lowest BCUT2D eigenvalue weighted by Crippen LogP contribution is -2.48. The van der Waals surface area contributed by atoms with E-state index in [2.05, 4.69) is 31.0 Å². The average Bonchev–Trinajstić information content (AvgIpc) is 3.45. The van der Waals surface area contributed by atoms with Crippen LogP contribution in [0.3, 0.4) is 0 Å². The van der Waals surface area contributed by atoms with E-state index >= 15 is 0 Å². The zero-order valence-electron chi connectivity index (χ0n) is 16.9. The Bertz CT molecular complexity index is 892. The molecule has 2 aromatic rings. The molecule has 0 bridgehead atoms. The summed E-state index contributed by atoms with van der Waals surface area (Å²) in [6.07, 6.45) is 7.14. The molecule has 1 saturated heterocycles. The maximum atomic E-state index is 12.9. The van der Waals surface area contributed by atoms with Crippen LogP contribution in [0.25, 0.3) is 11.3 Å². The number of piperidine rings is 1. The lowest BCUT2D eigenvalue weighted by molar-refractivity contribution is -0.133. The number of hydrogen-bond acceptors (Lipinski definition) is 3. The molecule has 2 heterocycles. The van der Waals surface area contributed by atoms with Gasteiger partial charge in [-0.05, 0) is 56.7 Å². The van der Waals surface area contributed by atoms with E-state index in [-0.39, 0.29) is 18.0 Å². The van der Waals surface area contributed by atoms with Gasteiger partial charge in [0.05, 0.1) is 5.69 Å². The van der Waals surface area contributed by atoms with Gasteiger partial charge >= 0.3 is 6.03 Å². The van der Waals surface area contributed by atoms with Crippen LogP contribution in [0.4, 0.5) is 4.79 Å². The molecule has 0 radical (unpaired) electrons. The van der Waals surface area contributed by atoms with Crippen molar-refractivity contribution in [3.05, 3.63) is 41.9 Å². The van der Waals surface area contributed by atoms with E-state index in [9.17, 15) is 9.59 Å². The summed E-state index contributed by atoms with van der Waals surface area (Å²) >= 11 is 0. The van der Waals surface area contributed by atoms with E-state index in [0.717, 1.165) is 50.0 Å². The minimum absolute atomic E-state index is 0.0745. The molecule has 148 valence electrons. The summed E-state index contributed by atoms with van der Waals surface area (Å²) in [6, 6.07) is 6.30. The van der Waals surface area contributed by atoms with Crippen LogP contribution in [-0.4, -0.2) is 57.5 Å². The maximum Gasteiger partial charge on any atom is 0.329 e. The number of likely N-dealkylation sites (tertiary alicyclic amines) is 1. The van der Waals surface area contributed by atoms with Crippen molar-refractivity contribution < 1.29 is 9.59 Å². The normalized spacial score (nSPS) is 17.6. The molecule has 1 saturated carbocycles. The number of carbonyl (C=O) groups excluding carboxylic acids is 2. The minimum Gasteiger partial charge on any atom is -0.342 e. The molecule has 2 aliphatic rings. The highest BCUT2D eigenvalue weighted by Crippen LogP contribution is 2.32. The molecule has 28 heavy (non-hydrogen) atoms. The summed E-state index contributed by atoms with van der Waals surface area (Å²) in [5.41, 5.74) is 4.27. The van der Waals surface area contributed by atoms with Crippen LogP contribution in [-0.2, 0) is 4.79 Å². The van der Waals surface area contributed by atoms with Crippen LogP contribution in [0.5, 0.6) is 0 Å². The number of aryl methyl sites for hydroxylation is 2. The Labute approximate surface area is 166 Å². The van der Waals surface area contributed by atoms with Crippen LogP contribution in [0.15, 0.2) is 30.7 Å². The zero-order valence-corrected chi connectivity index (χ0v) is 16.9. The summed E-state index contributed by atoms with van der Waals surface area (Å²) in [6.45, 7) is 5.65. The molecular weight excluding hydrogens is 352 g/mol. The quantitative estimate of drug-likeness (QED) is 0.819. The van der Waals surface area contributed by atoms with Gasteiger partial charge in [-0.3, -0.25) is 9.36 Å². The van der Waals surface area contributed by atoms with Gasteiger partial charge in [-0.15, -0.1) is 0 Å². The second kappa shape index (κ2) is 7.41. The Balaban J connectivity index is 1.39. The Morgan fingerprint density at radius 1 is 1.07 bits per heavy atom. The van der Waals surface area contributed by atoms with Crippen molar-refractivity contribution in [1.29, 1.82) is 0 Å². The fraction of sp³-hybridized carbons (Fsp3) is 0.500. The molecule has 1 aliphatic heterocycles. The van der Waals surface area contributed by atoms with Crippen molar-refractivity contribution in [3.8, 4) is 11.3 Å². The summed E-state index contributed by atoms with van der Waals surface area (Å²) in [5.74, 6) is 0.575. The highest BCUT2D eigenvalue weighted by molar-refractivity contribution is 5.81. The number of aromatic nitrogens is 2. The maximum absolute atomic E-state index is 12.9. The second-order valence-electron chi connectivity index (χ2n) is 8.19. The van der Waals surface area contributed by atoms with Crippen LogP contribution in [0, 0.1) is 19.8 Å². The van der Waals surface area contributed by atoms with Gasteiger partial charge in [0.25, 0.3) is 0 Å². The van der Waals surface area contributed by atoms with Gasteiger partial charge in [-0.2, -0.15) is 0 Å². The number of amides is 2. The summed E-state index contributed by atoms with van der Waals surface area (Å²) in [4.78, 5) is 33.3. The molecule has 1 aliphatic carbocycles. The van der Waals surface area contributed by atoms with Gasteiger partial charge in [-0.1, -0.05) is 12.1 Å². The third-order valence-electron chi connectivity index (χ3n) is 6.16. The summed E-state index contributed by atoms with van der Waals surface area (Å²) in [7, 11) is 1.85. The van der Waals surface area contributed by atoms with E-state index in [1.54, 1.807) is 22.0 Å². The number of imidazole rings is 1.